The van der Waals surface area contributed by atoms with Crippen molar-refractivity contribution < 1.29 is 9.90 Å². The Labute approximate surface area is 134 Å². The van der Waals surface area contributed by atoms with Crippen molar-refractivity contribution in [1.29, 1.82) is 0 Å². The van der Waals surface area contributed by atoms with Gasteiger partial charge in [0.25, 0.3) is 0 Å². The molecule has 2 aromatic heterocycles. The number of nitrogens with zero attached hydrogens (tertiary/aromatic N) is 6. The van der Waals surface area contributed by atoms with Crippen LogP contribution in [0.15, 0.2) is 12.4 Å². The summed E-state index contributed by atoms with van der Waals surface area (Å²) in [4.78, 5) is 17.1. The number of carbonyl (C=O) groups is 1. The van der Waals surface area contributed by atoms with Gasteiger partial charge in [0.05, 0.1) is 13.1 Å². The van der Waals surface area contributed by atoms with E-state index in [0.717, 1.165) is 43.4 Å². The highest BCUT2D eigenvalue weighted by atomic mass is 16.4. The number of aliphatic carboxylic acids is 1. The maximum atomic E-state index is 10.9. The van der Waals surface area contributed by atoms with Crippen LogP contribution in [0.5, 0.6) is 0 Å². The highest BCUT2D eigenvalue weighted by Crippen LogP contribution is 2.25. The van der Waals surface area contributed by atoms with Gasteiger partial charge < -0.3 is 14.2 Å². The molecule has 3 rings (SSSR count). The van der Waals surface area contributed by atoms with Crippen molar-refractivity contribution in [2.24, 2.45) is 7.05 Å². The van der Waals surface area contributed by atoms with Crippen LogP contribution >= 0.6 is 0 Å². The first-order chi connectivity index (χ1) is 11.0. The van der Waals surface area contributed by atoms with Gasteiger partial charge in [0.15, 0.2) is 5.82 Å². The number of carboxylic acid groups (broad SMARTS) is 1. The largest absolute Gasteiger partial charge is 0.480 e. The summed E-state index contributed by atoms with van der Waals surface area (Å²) >= 11 is 0. The molecule has 1 aliphatic rings. The fourth-order valence-corrected chi connectivity index (χ4v) is 3.19. The van der Waals surface area contributed by atoms with Gasteiger partial charge in [-0.2, -0.15) is 0 Å². The van der Waals surface area contributed by atoms with Crippen molar-refractivity contribution in [1.82, 2.24) is 29.2 Å². The van der Waals surface area contributed by atoms with Crippen molar-refractivity contribution in [2.45, 2.75) is 32.2 Å². The monoisotopic (exact) mass is 318 g/mol. The van der Waals surface area contributed by atoms with E-state index in [2.05, 4.69) is 15.2 Å². The van der Waals surface area contributed by atoms with E-state index in [1.165, 1.54) is 0 Å². The number of aryl methyl sites for hydroxylation is 1. The topological polar surface area (TPSA) is 89.1 Å². The van der Waals surface area contributed by atoms with E-state index in [0.29, 0.717) is 6.54 Å². The van der Waals surface area contributed by atoms with Gasteiger partial charge in [-0.15, -0.1) is 10.2 Å². The molecule has 0 unspecified atom stereocenters. The molecule has 1 fully saturated rings. The SMILES string of the molecule is Cc1nccn1Cc1nnc([C@@H]2CCCN(CC(=O)O)C2)n1C. The molecule has 0 aliphatic carbocycles. The third kappa shape index (κ3) is 3.42. The highest BCUT2D eigenvalue weighted by molar-refractivity contribution is 5.69. The number of imidazole rings is 1. The summed E-state index contributed by atoms with van der Waals surface area (Å²) in [6.45, 7) is 4.25. The second-order valence-corrected chi connectivity index (χ2v) is 6.10. The molecule has 1 N–H and O–H groups in total. The molecular formula is C15H22N6O2. The van der Waals surface area contributed by atoms with Gasteiger partial charge in [-0.25, -0.2) is 4.98 Å². The van der Waals surface area contributed by atoms with E-state index in [-0.39, 0.29) is 12.5 Å². The molecule has 23 heavy (non-hydrogen) atoms. The maximum Gasteiger partial charge on any atom is 0.317 e. The van der Waals surface area contributed by atoms with Crippen LogP contribution in [0, 0.1) is 6.92 Å². The lowest BCUT2D eigenvalue weighted by molar-refractivity contribution is -0.138. The molecule has 124 valence electrons. The van der Waals surface area contributed by atoms with Crippen LogP contribution in [-0.2, 0) is 18.4 Å². The predicted octanol–water partition coefficient (Wildman–Crippen LogP) is 0.632. The Kier molecular flexibility index (Phi) is 4.42. The summed E-state index contributed by atoms with van der Waals surface area (Å²) in [7, 11) is 1.98. The Bertz CT molecular complexity index is 692. The quantitative estimate of drug-likeness (QED) is 0.870. The standard InChI is InChI=1S/C15H22N6O2/c1-11-16-5-7-21(11)9-13-17-18-15(19(13)2)12-4-3-6-20(8-12)10-14(22)23/h5,7,12H,3-4,6,8-10H2,1-2H3,(H,22,23)/t12-/m1/s1. The first kappa shape index (κ1) is 15.7. The summed E-state index contributed by atoms with van der Waals surface area (Å²) in [5.74, 6) is 2.22. The van der Waals surface area contributed by atoms with Gasteiger partial charge >= 0.3 is 5.97 Å². The zero-order valence-electron chi connectivity index (χ0n) is 13.5. The third-order valence-corrected chi connectivity index (χ3v) is 4.46. The van der Waals surface area contributed by atoms with Crippen molar-refractivity contribution in [3.63, 3.8) is 0 Å². The number of piperidine rings is 1. The van der Waals surface area contributed by atoms with Crippen LogP contribution < -0.4 is 0 Å². The van der Waals surface area contributed by atoms with E-state index in [1.807, 2.05) is 34.2 Å². The van der Waals surface area contributed by atoms with Crippen molar-refractivity contribution in [3.05, 3.63) is 29.9 Å². The number of hydrogen-bond donors (Lipinski definition) is 1. The molecular weight excluding hydrogens is 296 g/mol. The fraction of sp³-hybridized carbons (Fsp3) is 0.600. The van der Waals surface area contributed by atoms with Gasteiger partial charge in [-0.1, -0.05) is 0 Å². The Morgan fingerprint density at radius 2 is 2.26 bits per heavy atom. The molecule has 1 saturated heterocycles. The normalized spacial score (nSPS) is 19.1. The van der Waals surface area contributed by atoms with Crippen LogP contribution in [0.25, 0.3) is 0 Å². The lowest BCUT2D eigenvalue weighted by Gasteiger charge is -2.30. The van der Waals surface area contributed by atoms with E-state index >= 15 is 0 Å². The Morgan fingerprint density at radius 3 is 2.96 bits per heavy atom. The summed E-state index contributed by atoms with van der Waals surface area (Å²) < 4.78 is 4.07. The molecule has 2 aromatic rings. The lowest BCUT2D eigenvalue weighted by Crippen LogP contribution is -2.38. The van der Waals surface area contributed by atoms with Crippen LogP contribution in [0.4, 0.5) is 0 Å². The van der Waals surface area contributed by atoms with Crippen molar-refractivity contribution in [2.75, 3.05) is 19.6 Å². The first-order valence-electron chi connectivity index (χ1n) is 7.84. The molecule has 0 spiro atoms. The minimum Gasteiger partial charge on any atom is -0.480 e. The lowest BCUT2D eigenvalue weighted by atomic mass is 9.97. The molecule has 3 heterocycles. The Hall–Kier alpha value is -2.22. The van der Waals surface area contributed by atoms with Crippen LogP contribution in [-0.4, -0.2) is 59.9 Å². The van der Waals surface area contributed by atoms with Crippen molar-refractivity contribution in [3.8, 4) is 0 Å². The number of carboxylic acids is 1. The average molecular weight is 318 g/mol. The molecule has 0 saturated carbocycles. The summed E-state index contributed by atoms with van der Waals surface area (Å²) in [5.41, 5.74) is 0. The molecule has 0 radical (unpaired) electrons. The van der Waals surface area contributed by atoms with Crippen LogP contribution in [0.1, 0.15) is 36.2 Å². The van der Waals surface area contributed by atoms with Gasteiger partial charge in [0, 0.05) is 31.9 Å². The minimum atomic E-state index is -0.778. The molecule has 8 nitrogen and oxygen atoms in total. The summed E-state index contributed by atoms with van der Waals surface area (Å²) in [6, 6.07) is 0. The van der Waals surface area contributed by atoms with Gasteiger partial charge in [-0.3, -0.25) is 9.69 Å². The second-order valence-electron chi connectivity index (χ2n) is 6.10. The Balaban J connectivity index is 1.73. The smallest absolute Gasteiger partial charge is 0.317 e. The van der Waals surface area contributed by atoms with Crippen molar-refractivity contribution >= 4 is 5.97 Å². The number of aromatic nitrogens is 5. The molecule has 0 bridgehead atoms. The summed E-state index contributed by atoms with van der Waals surface area (Å²) in [6.07, 6.45) is 5.71. The Morgan fingerprint density at radius 1 is 1.43 bits per heavy atom. The second kappa shape index (κ2) is 6.49. The zero-order chi connectivity index (χ0) is 16.4. The molecule has 1 atom stereocenters. The van der Waals surface area contributed by atoms with E-state index in [9.17, 15) is 4.79 Å². The van der Waals surface area contributed by atoms with Crippen LogP contribution in [0.2, 0.25) is 0 Å². The van der Waals surface area contributed by atoms with Gasteiger partial charge in [0.2, 0.25) is 0 Å². The average Bonchev–Trinajstić information content (AvgIpc) is 3.06. The molecule has 0 amide bonds. The third-order valence-electron chi connectivity index (χ3n) is 4.46. The zero-order valence-corrected chi connectivity index (χ0v) is 13.5. The predicted molar refractivity (Wildman–Crippen MR) is 83.1 cm³/mol. The molecule has 0 aromatic carbocycles. The molecule has 1 aliphatic heterocycles. The highest BCUT2D eigenvalue weighted by Gasteiger charge is 2.26. The first-order valence-corrected chi connectivity index (χ1v) is 7.84. The molecule has 8 heteroatoms. The van der Waals surface area contributed by atoms with E-state index < -0.39 is 5.97 Å². The van der Waals surface area contributed by atoms with Crippen LogP contribution in [0.3, 0.4) is 0 Å². The minimum absolute atomic E-state index is 0.0927. The maximum absolute atomic E-state index is 10.9. The fourth-order valence-electron chi connectivity index (χ4n) is 3.19. The van der Waals surface area contributed by atoms with E-state index in [4.69, 9.17) is 5.11 Å². The summed E-state index contributed by atoms with van der Waals surface area (Å²) in [5, 5.41) is 17.7. The van der Waals surface area contributed by atoms with E-state index in [1.54, 1.807) is 6.20 Å². The number of likely N-dealkylation sites (tertiary alicyclic amines) is 1. The number of hydrogen-bond acceptors (Lipinski definition) is 5. The number of rotatable bonds is 5. The van der Waals surface area contributed by atoms with Gasteiger partial charge in [0.1, 0.15) is 11.6 Å². The van der Waals surface area contributed by atoms with Gasteiger partial charge in [-0.05, 0) is 26.3 Å².